The number of aromatic nitrogens is 1. The Bertz CT molecular complexity index is 1510. The molecule has 11 heteroatoms. The van der Waals surface area contributed by atoms with Gasteiger partial charge < -0.3 is 0 Å². The molecule has 1 amide bonds. The Morgan fingerprint density at radius 3 is 2.78 bits per heavy atom. The van der Waals surface area contributed by atoms with Crippen LogP contribution >= 0.6 is 34.0 Å². The van der Waals surface area contributed by atoms with E-state index in [0.29, 0.717) is 25.6 Å². The molecule has 7 nitrogen and oxygen atoms in total. The van der Waals surface area contributed by atoms with Crippen LogP contribution in [-0.2, 0) is 0 Å². The van der Waals surface area contributed by atoms with Crippen molar-refractivity contribution in [2.75, 3.05) is 5.01 Å². The van der Waals surface area contributed by atoms with Crippen molar-refractivity contribution in [3.8, 4) is 0 Å². The SMILES string of the molecule is O=C(c1cc2cc([N+](=O)[O-])ccc2s1)N(/N=C/c1cccs1)c1nc2ccc(F)cc2s1. The van der Waals surface area contributed by atoms with Gasteiger partial charge in [-0.1, -0.05) is 17.4 Å². The van der Waals surface area contributed by atoms with Gasteiger partial charge in [-0.3, -0.25) is 14.9 Å². The summed E-state index contributed by atoms with van der Waals surface area (Å²) < 4.78 is 15.0. The van der Waals surface area contributed by atoms with Crippen molar-refractivity contribution in [3.05, 3.63) is 85.7 Å². The molecule has 158 valence electrons. The number of halogens is 1. The Morgan fingerprint density at radius 2 is 2.00 bits per heavy atom. The second-order valence-electron chi connectivity index (χ2n) is 6.58. The van der Waals surface area contributed by atoms with Gasteiger partial charge >= 0.3 is 0 Å². The van der Waals surface area contributed by atoms with Gasteiger partial charge in [-0.05, 0) is 41.8 Å². The highest BCUT2D eigenvalue weighted by molar-refractivity contribution is 7.23. The number of thiophene rings is 2. The van der Waals surface area contributed by atoms with Gasteiger partial charge in [-0.2, -0.15) is 10.1 Å². The zero-order valence-corrected chi connectivity index (χ0v) is 18.4. The van der Waals surface area contributed by atoms with Gasteiger partial charge in [0.05, 0.1) is 26.2 Å². The van der Waals surface area contributed by atoms with Crippen molar-refractivity contribution in [1.29, 1.82) is 0 Å². The van der Waals surface area contributed by atoms with E-state index in [1.54, 1.807) is 24.4 Å². The molecule has 0 saturated heterocycles. The predicted octanol–water partition coefficient (Wildman–Crippen LogP) is 6.30. The summed E-state index contributed by atoms with van der Waals surface area (Å²) in [5.41, 5.74) is 0.512. The summed E-state index contributed by atoms with van der Waals surface area (Å²) in [5, 5.41) is 19.4. The first-order valence-corrected chi connectivity index (χ1v) is 11.7. The molecule has 0 aliphatic carbocycles. The third-order valence-electron chi connectivity index (χ3n) is 4.48. The minimum absolute atomic E-state index is 0.0462. The molecule has 32 heavy (non-hydrogen) atoms. The van der Waals surface area contributed by atoms with E-state index in [2.05, 4.69) is 10.1 Å². The van der Waals surface area contributed by atoms with Crippen LogP contribution in [0.1, 0.15) is 14.5 Å². The third kappa shape index (κ3) is 3.88. The van der Waals surface area contributed by atoms with Crippen LogP contribution in [-0.4, -0.2) is 22.0 Å². The molecule has 0 N–H and O–H groups in total. The first-order valence-electron chi connectivity index (χ1n) is 9.14. The van der Waals surface area contributed by atoms with Crippen molar-refractivity contribution in [3.63, 3.8) is 0 Å². The molecular formula is C21H11FN4O3S3. The molecule has 0 fully saturated rings. The summed E-state index contributed by atoms with van der Waals surface area (Å²) in [6.45, 7) is 0. The number of rotatable bonds is 5. The van der Waals surface area contributed by atoms with Gasteiger partial charge in [-0.15, -0.1) is 22.7 Å². The predicted molar refractivity (Wildman–Crippen MR) is 127 cm³/mol. The molecule has 0 atom stereocenters. The first kappa shape index (κ1) is 20.4. The van der Waals surface area contributed by atoms with Gasteiger partial charge in [-0.25, -0.2) is 9.37 Å². The average Bonchev–Trinajstić information content (AvgIpc) is 3.52. The van der Waals surface area contributed by atoms with E-state index in [1.165, 1.54) is 51.9 Å². The highest BCUT2D eigenvalue weighted by Gasteiger charge is 2.23. The van der Waals surface area contributed by atoms with Crippen LogP contribution in [0.5, 0.6) is 0 Å². The summed E-state index contributed by atoms with van der Waals surface area (Å²) in [6, 6.07) is 14.0. The fraction of sp³-hybridized carbons (Fsp3) is 0. The highest BCUT2D eigenvalue weighted by Crippen LogP contribution is 2.34. The number of thiazole rings is 1. The number of non-ortho nitro benzene ring substituents is 1. The number of fused-ring (bicyclic) bond motifs is 2. The van der Waals surface area contributed by atoms with Crippen LogP contribution in [0.25, 0.3) is 20.3 Å². The molecular weight excluding hydrogens is 471 g/mol. The molecule has 0 aliphatic heterocycles. The lowest BCUT2D eigenvalue weighted by Gasteiger charge is -2.12. The number of hydrogen-bond donors (Lipinski definition) is 0. The standard InChI is InChI=1S/C21H11FN4O3S3/c22-13-3-5-16-18(10-13)32-21(24-16)25(23-11-15-2-1-7-30-15)20(27)19-9-12-8-14(26(28)29)4-6-17(12)31-19/h1-11H/b23-11+. The quantitative estimate of drug-likeness (QED) is 0.167. The maximum atomic E-state index is 13.6. The number of hydrazone groups is 1. The normalized spacial score (nSPS) is 11.5. The number of nitrogens with zero attached hydrogens (tertiary/aromatic N) is 4. The Labute approximate surface area is 191 Å². The highest BCUT2D eigenvalue weighted by atomic mass is 32.1. The van der Waals surface area contributed by atoms with E-state index < -0.39 is 16.6 Å². The van der Waals surface area contributed by atoms with Crippen molar-refractivity contribution in [2.45, 2.75) is 0 Å². The Morgan fingerprint density at radius 1 is 1.12 bits per heavy atom. The summed E-state index contributed by atoms with van der Waals surface area (Å²) >= 11 is 3.83. The van der Waals surface area contributed by atoms with Crippen molar-refractivity contribution >= 4 is 77.3 Å². The maximum Gasteiger partial charge on any atom is 0.290 e. The van der Waals surface area contributed by atoms with Crippen LogP contribution < -0.4 is 5.01 Å². The van der Waals surface area contributed by atoms with Crippen LogP contribution in [0.2, 0.25) is 0 Å². The number of hydrogen-bond acceptors (Lipinski definition) is 8. The largest absolute Gasteiger partial charge is 0.290 e. The second-order valence-corrected chi connectivity index (χ2v) is 9.65. The number of amides is 1. The number of nitro groups is 1. The summed E-state index contributed by atoms with van der Waals surface area (Å²) in [5.74, 6) is -0.819. The maximum absolute atomic E-state index is 13.6. The second kappa shape index (κ2) is 8.19. The lowest BCUT2D eigenvalue weighted by molar-refractivity contribution is -0.384. The van der Waals surface area contributed by atoms with E-state index in [1.807, 2.05) is 17.5 Å². The Balaban J connectivity index is 1.57. The smallest absolute Gasteiger partial charge is 0.266 e. The Hall–Kier alpha value is -3.54. The van der Waals surface area contributed by atoms with E-state index >= 15 is 0 Å². The number of anilines is 1. The zero-order chi connectivity index (χ0) is 22.2. The molecule has 2 aromatic carbocycles. The fourth-order valence-corrected chi connectivity index (χ4v) is 5.49. The van der Waals surface area contributed by atoms with Crippen molar-refractivity contribution in [2.24, 2.45) is 5.10 Å². The molecule has 0 radical (unpaired) electrons. The lowest BCUT2D eigenvalue weighted by atomic mass is 10.2. The molecule has 0 bridgehead atoms. The van der Waals surface area contributed by atoms with Crippen molar-refractivity contribution in [1.82, 2.24) is 4.98 Å². The molecule has 5 rings (SSSR count). The minimum Gasteiger partial charge on any atom is -0.266 e. The number of nitro benzene ring substituents is 1. The summed E-state index contributed by atoms with van der Waals surface area (Å²) in [4.78, 5) is 29.7. The van der Waals surface area contributed by atoms with E-state index in [9.17, 15) is 19.3 Å². The van der Waals surface area contributed by atoms with Gasteiger partial charge in [0.2, 0.25) is 5.13 Å². The van der Waals surface area contributed by atoms with E-state index in [4.69, 9.17) is 0 Å². The molecule has 0 spiro atoms. The molecule has 0 saturated carbocycles. The summed E-state index contributed by atoms with van der Waals surface area (Å²) in [6.07, 6.45) is 1.56. The zero-order valence-electron chi connectivity index (χ0n) is 16.0. The van der Waals surface area contributed by atoms with Crippen LogP contribution in [0.3, 0.4) is 0 Å². The number of carbonyl (C=O) groups excluding carboxylic acids is 1. The van der Waals surface area contributed by atoms with Gasteiger partial charge in [0.15, 0.2) is 0 Å². The van der Waals surface area contributed by atoms with Crippen LogP contribution in [0, 0.1) is 15.9 Å². The first-order chi connectivity index (χ1) is 15.5. The van der Waals surface area contributed by atoms with Crippen LogP contribution in [0.15, 0.2) is 65.1 Å². The van der Waals surface area contributed by atoms with E-state index in [0.717, 1.165) is 20.9 Å². The van der Waals surface area contributed by atoms with Crippen molar-refractivity contribution < 1.29 is 14.1 Å². The summed E-state index contributed by atoms with van der Waals surface area (Å²) in [7, 11) is 0. The lowest BCUT2D eigenvalue weighted by Crippen LogP contribution is -2.24. The minimum atomic E-state index is -0.476. The molecule has 0 unspecified atom stereocenters. The molecule has 3 aromatic heterocycles. The third-order valence-corrected chi connectivity index (χ3v) is 7.38. The molecule has 3 heterocycles. The fourth-order valence-electron chi connectivity index (χ4n) is 3.00. The van der Waals surface area contributed by atoms with Gasteiger partial charge in [0.25, 0.3) is 11.6 Å². The Kier molecular flexibility index (Phi) is 5.21. The van der Waals surface area contributed by atoms with Crippen LogP contribution in [0.4, 0.5) is 15.2 Å². The molecule has 0 aliphatic rings. The number of benzene rings is 2. The monoisotopic (exact) mass is 482 g/mol. The molecule has 5 aromatic rings. The topological polar surface area (TPSA) is 88.7 Å². The van der Waals surface area contributed by atoms with Gasteiger partial charge in [0, 0.05) is 27.1 Å². The van der Waals surface area contributed by atoms with E-state index in [-0.39, 0.29) is 5.69 Å². The number of carbonyl (C=O) groups is 1. The van der Waals surface area contributed by atoms with Gasteiger partial charge in [0.1, 0.15) is 5.82 Å². The average molecular weight is 483 g/mol.